The number of aromatic nitrogens is 2. The summed E-state index contributed by atoms with van der Waals surface area (Å²) < 4.78 is 46.0. The van der Waals surface area contributed by atoms with E-state index in [-0.39, 0.29) is 5.03 Å². The lowest BCUT2D eigenvalue weighted by Crippen LogP contribution is -2.42. The lowest BCUT2D eigenvalue weighted by molar-refractivity contribution is 0.459. The first-order valence-corrected chi connectivity index (χ1v) is 14.7. The van der Waals surface area contributed by atoms with E-state index >= 15 is 0 Å². The van der Waals surface area contributed by atoms with Gasteiger partial charge in [0.2, 0.25) is 0 Å². The maximum atomic E-state index is 13.2. The SMILES string of the molecule is Cc1ccc2c(-c3ccccc3C(Cc3nc(S(C)(=O)=O)ccc3C)N[S@@+]([O-])C(C)(C)C)noc2c1. The van der Waals surface area contributed by atoms with Gasteiger partial charge in [0.15, 0.2) is 20.4 Å². The van der Waals surface area contributed by atoms with Crippen LogP contribution in [0.4, 0.5) is 0 Å². The Labute approximate surface area is 215 Å². The van der Waals surface area contributed by atoms with Crippen LogP contribution in [-0.2, 0) is 27.6 Å². The summed E-state index contributed by atoms with van der Waals surface area (Å²) in [5.74, 6) is 0. The van der Waals surface area contributed by atoms with Gasteiger partial charge in [-0.25, -0.2) is 13.4 Å². The molecule has 2 aromatic heterocycles. The van der Waals surface area contributed by atoms with E-state index in [9.17, 15) is 13.0 Å². The van der Waals surface area contributed by atoms with Crippen molar-refractivity contribution < 1.29 is 17.5 Å². The second-order valence-electron chi connectivity index (χ2n) is 10.1. The molecule has 9 heteroatoms. The molecule has 0 radical (unpaired) electrons. The van der Waals surface area contributed by atoms with E-state index in [4.69, 9.17) is 4.52 Å². The van der Waals surface area contributed by atoms with Gasteiger partial charge in [-0.1, -0.05) is 41.6 Å². The molecule has 0 saturated carbocycles. The van der Waals surface area contributed by atoms with Crippen LogP contribution in [0.1, 0.15) is 49.2 Å². The third kappa shape index (κ3) is 5.64. The molecule has 0 spiro atoms. The second-order valence-corrected chi connectivity index (χ2v) is 14.0. The van der Waals surface area contributed by atoms with Crippen molar-refractivity contribution in [1.82, 2.24) is 14.9 Å². The van der Waals surface area contributed by atoms with Crippen molar-refractivity contribution in [3.05, 3.63) is 77.0 Å². The van der Waals surface area contributed by atoms with E-state index in [0.717, 1.165) is 33.9 Å². The zero-order valence-electron chi connectivity index (χ0n) is 21.3. The van der Waals surface area contributed by atoms with Crippen molar-refractivity contribution in [2.24, 2.45) is 0 Å². The van der Waals surface area contributed by atoms with E-state index in [2.05, 4.69) is 14.9 Å². The highest BCUT2D eigenvalue weighted by atomic mass is 32.2. The maximum absolute atomic E-state index is 13.2. The molecule has 190 valence electrons. The number of hydrogen-bond acceptors (Lipinski definition) is 7. The first-order chi connectivity index (χ1) is 16.8. The molecule has 7 nitrogen and oxygen atoms in total. The lowest BCUT2D eigenvalue weighted by atomic mass is 9.93. The lowest BCUT2D eigenvalue weighted by Gasteiger charge is -2.29. The zero-order valence-corrected chi connectivity index (χ0v) is 23.0. The van der Waals surface area contributed by atoms with Crippen molar-refractivity contribution >= 4 is 32.2 Å². The molecule has 2 heterocycles. The Bertz CT molecular complexity index is 1510. The van der Waals surface area contributed by atoms with Gasteiger partial charge in [-0.2, -0.15) is 0 Å². The van der Waals surface area contributed by atoms with Gasteiger partial charge in [-0.15, -0.1) is 4.72 Å². The first kappa shape index (κ1) is 26.3. The largest absolute Gasteiger partial charge is 0.598 e. The van der Waals surface area contributed by atoms with E-state index in [1.54, 1.807) is 6.07 Å². The van der Waals surface area contributed by atoms with Gasteiger partial charge in [0.25, 0.3) is 0 Å². The molecule has 0 bridgehead atoms. The maximum Gasteiger partial charge on any atom is 0.192 e. The molecule has 0 aliphatic carbocycles. The summed E-state index contributed by atoms with van der Waals surface area (Å²) in [6, 6.07) is 16.6. The van der Waals surface area contributed by atoms with Gasteiger partial charge >= 0.3 is 0 Å². The quantitative estimate of drug-likeness (QED) is 0.329. The molecular formula is C27H31N3O4S2. The number of aryl methyl sites for hydroxylation is 2. The number of rotatable bonds is 7. The minimum absolute atomic E-state index is 0.0185. The number of pyridine rings is 1. The van der Waals surface area contributed by atoms with Gasteiger partial charge in [-0.3, -0.25) is 0 Å². The van der Waals surface area contributed by atoms with Gasteiger partial charge < -0.3 is 9.08 Å². The molecule has 0 amide bonds. The monoisotopic (exact) mass is 525 g/mol. The fourth-order valence-electron chi connectivity index (χ4n) is 3.93. The van der Waals surface area contributed by atoms with E-state index < -0.39 is 32.0 Å². The smallest absolute Gasteiger partial charge is 0.192 e. The number of fused-ring (bicyclic) bond motifs is 1. The predicted molar refractivity (Wildman–Crippen MR) is 144 cm³/mol. The summed E-state index contributed by atoms with van der Waals surface area (Å²) in [5.41, 5.74) is 5.67. The topological polar surface area (TPSA) is 108 Å². The molecule has 1 N–H and O–H groups in total. The molecular weight excluding hydrogens is 494 g/mol. The molecule has 0 saturated heterocycles. The van der Waals surface area contributed by atoms with Crippen LogP contribution in [-0.4, -0.2) is 34.1 Å². The molecule has 1 unspecified atom stereocenters. The molecule has 0 fully saturated rings. The molecule has 4 rings (SSSR count). The number of sulfone groups is 1. The van der Waals surface area contributed by atoms with Crippen LogP contribution in [0, 0.1) is 13.8 Å². The Kier molecular flexibility index (Phi) is 7.30. The van der Waals surface area contributed by atoms with Crippen LogP contribution in [0.3, 0.4) is 0 Å². The molecule has 4 aromatic rings. The second kappa shape index (κ2) is 9.97. The number of nitrogens with one attached hydrogen (secondary N) is 1. The summed E-state index contributed by atoms with van der Waals surface area (Å²) in [4.78, 5) is 4.47. The highest BCUT2D eigenvalue weighted by Crippen LogP contribution is 2.35. The van der Waals surface area contributed by atoms with Crippen LogP contribution in [0.2, 0.25) is 0 Å². The highest BCUT2D eigenvalue weighted by Gasteiger charge is 2.32. The Hall–Kier alpha value is -2.72. The van der Waals surface area contributed by atoms with Crippen LogP contribution in [0.25, 0.3) is 22.2 Å². The fraction of sp³-hybridized carbons (Fsp3) is 0.333. The number of hydrogen-bond donors (Lipinski definition) is 1. The molecule has 36 heavy (non-hydrogen) atoms. The highest BCUT2D eigenvalue weighted by molar-refractivity contribution is 7.91. The van der Waals surface area contributed by atoms with Gasteiger partial charge in [0.05, 0.1) is 6.04 Å². The van der Waals surface area contributed by atoms with Crippen LogP contribution in [0.5, 0.6) is 0 Å². The van der Waals surface area contributed by atoms with Crippen LogP contribution >= 0.6 is 0 Å². The Morgan fingerprint density at radius 3 is 2.50 bits per heavy atom. The Morgan fingerprint density at radius 1 is 1.08 bits per heavy atom. The molecule has 0 aliphatic rings. The fourth-order valence-corrected chi connectivity index (χ4v) is 5.35. The summed E-state index contributed by atoms with van der Waals surface area (Å²) >= 11 is -1.40. The van der Waals surface area contributed by atoms with Crippen LogP contribution in [0.15, 0.2) is 64.1 Å². The minimum atomic E-state index is -3.47. The first-order valence-electron chi connectivity index (χ1n) is 11.6. The van der Waals surface area contributed by atoms with E-state index in [1.165, 1.54) is 6.07 Å². The zero-order chi connectivity index (χ0) is 26.3. The average molecular weight is 526 g/mol. The molecule has 2 aromatic carbocycles. The van der Waals surface area contributed by atoms with Crippen molar-refractivity contribution in [1.29, 1.82) is 0 Å². The van der Waals surface area contributed by atoms with Gasteiger partial charge in [0, 0.05) is 40.7 Å². The summed E-state index contributed by atoms with van der Waals surface area (Å²) in [7, 11) is -3.47. The standard InChI is InChI=1S/C27H31N3O4S2/c1-17-11-13-21-24(15-17)34-29-26(21)20-10-8-7-9-19(20)23(30-35(31)27(3,4)5)16-22-18(2)12-14-25(28-22)36(6,32)33/h7-15,23,30H,16H2,1-6H3/t23?,35-/m0/s1. The normalized spacial score (nSPS) is 14.2. The molecule has 2 atom stereocenters. The Morgan fingerprint density at radius 2 is 1.81 bits per heavy atom. The third-order valence-electron chi connectivity index (χ3n) is 5.98. The third-order valence-corrected chi connectivity index (χ3v) is 8.58. The van der Waals surface area contributed by atoms with Crippen molar-refractivity contribution in [2.45, 2.75) is 56.9 Å². The predicted octanol–water partition coefficient (Wildman–Crippen LogP) is 5.25. The summed E-state index contributed by atoms with van der Waals surface area (Å²) in [6.07, 6.45) is 1.48. The molecule has 0 aliphatic heterocycles. The van der Waals surface area contributed by atoms with Crippen molar-refractivity contribution in [3.8, 4) is 11.3 Å². The van der Waals surface area contributed by atoms with Crippen molar-refractivity contribution in [3.63, 3.8) is 0 Å². The number of benzene rings is 2. The van der Waals surface area contributed by atoms with Gasteiger partial charge in [-0.05, 0) is 69.5 Å². The number of nitrogens with zero attached hydrogens (tertiary/aromatic N) is 2. The average Bonchev–Trinajstić information content (AvgIpc) is 3.21. The van der Waals surface area contributed by atoms with Crippen molar-refractivity contribution in [2.75, 3.05) is 6.26 Å². The van der Waals surface area contributed by atoms with Gasteiger partial charge in [0.1, 0.15) is 10.4 Å². The van der Waals surface area contributed by atoms with Crippen LogP contribution < -0.4 is 4.72 Å². The summed E-state index contributed by atoms with van der Waals surface area (Å²) in [5, 5.41) is 5.28. The van der Waals surface area contributed by atoms with E-state index in [1.807, 2.05) is 77.1 Å². The minimum Gasteiger partial charge on any atom is -0.598 e. The van der Waals surface area contributed by atoms with E-state index in [0.29, 0.717) is 23.4 Å². The summed E-state index contributed by atoms with van der Waals surface area (Å²) in [6.45, 7) is 9.60. The Balaban J connectivity index is 1.84.